The Morgan fingerprint density at radius 1 is 0.667 bits per heavy atom. The first-order valence-electron chi connectivity index (χ1n) is 11.1. The molecule has 3 heterocycles. The summed E-state index contributed by atoms with van der Waals surface area (Å²) in [5.41, 5.74) is 16.5. The maximum Gasteiger partial charge on any atom is 0.694 e. The lowest BCUT2D eigenvalue weighted by atomic mass is 10.1. The van der Waals surface area contributed by atoms with Gasteiger partial charge < -0.3 is 61.6 Å². The van der Waals surface area contributed by atoms with Crippen LogP contribution in [0.4, 0.5) is 0 Å². The van der Waals surface area contributed by atoms with Crippen LogP contribution in [-0.4, -0.2) is 129 Å². The molecule has 13 N–H and O–H groups in total. The number of phosphoric ester groups is 2. The molecule has 3 aliphatic rings. The number of hydrogen-bond acceptors (Lipinski definition) is 18. The summed E-state index contributed by atoms with van der Waals surface area (Å²) in [6.07, 6.45) is -18.2. The fraction of sp³-hybridized carbons (Fsp3) is 1.00. The van der Waals surface area contributed by atoms with Crippen LogP contribution >= 0.6 is 23.9 Å². The molecular weight excluding hydrogens is 603 g/mol. The topological polar surface area (TPSA) is 345 Å². The van der Waals surface area contributed by atoms with Gasteiger partial charge in [-0.2, -0.15) is 0 Å². The van der Waals surface area contributed by atoms with Crippen molar-refractivity contribution in [1.82, 2.24) is 0 Å². The van der Waals surface area contributed by atoms with Crippen LogP contribution in [0.3, 0.4) is 0 Å². The van der Waals surface area contributed by atoms with Gasteiger partial charge in [-0.1, -0.05) is 0 Å². The minimum absolute atomic E-state index is 0.649. The molecule has 3 rings (SSSR count). The molecule has 3 saturated heterocycles. The van der Waals surface area contributed by atoms with Gasteiger partial charge in [-0.15, -0.1) is 9.42 Å². The second-order valence-corrected chi connectivity index (χ2v) is 12.1. The summed E-state index contributed by atoms with van der Waals surface area (Å²) in [5.74, 6) is 0. The minimum Gasteiger partial charge on any atom is -0.387 e. The largest absolute Gasteiger partial charge is 0.694 e. The van der Waals surface area contributed by atoms with Gasteiger partial charge >= 0.3 is 23.9 Å². The number of rotatable bonds is 13. The maximum atomic E-state index is 12.5. The van der Waals surface area contributed by atoms with E-state index in [2.05, 4.69) is 4.52 Å². The molecule has 0 saturated carbocycles. The third kappa shape index (κ3) is 8.68. The summed E-state index contributed by atoms with van der Waals surface area (Å²) in [6, 6.07) is 0. The molecular formula is C15H31N3O18P3+. The molecule has 3 unspecified atom stereocenters. The van der Waals surface area contributed by atoms with E-state index in [1.807, 2.05) is 0 Å². The molecule has 24 heteroatoms. The smallest absolute Gasteiger partial charge is 0.387 e. The van der Waals surface area contributed by atoms with Crippen molar-refractivity contribution in [2.75, 3.05) is 19.8 Å². The maximum absolute atomic E-state index is 12.5. The molecule has 0 spiro atoms. The highest BCUT2D eigenvalue weighted by molar-refractivity contribution is 7.47. The van der Waals surface area contributed by atoms with Crippen LogP contribution in [0.25, 0.3) is 0 Å². The third-order valence-corrected chi connectivity index (χ3v) is 8.15. The van der Waals surface area contributed by atoms with E-state index in [1.165, 1.54) is 0 Å². The molecule has 21 nitrogen and oxygen atoms in total. The second-order valence-electron chi connectivity index (χ2n) is 8.58. The van der Waals surface area contributed by atoms with Gasteiger partial charge in [0.2, 0.25) is 0 Å². The van der Waals surface area contributed by atoms with Gasteiger partial charge in [0.25, 0.3) is 0 Å². The van der Waals surface area contributed by atoms with Gasteiger partial charge in [0.1, 0.15) is 80.2 Å². The van der Waals surface area contributed by atoms with Crippen LogP contribution in [0.5, 0.6) is 0 Å². The Labute approximate surface area is 220 Å². The van der Waals surface area contributed by atoms with Crippen molar-refractivity contribution in [3.63, 3.8) is 0 Å². The lowest BCUT2D eigenvalue weighted by Gasteiger charge is -2.25. The molecule has 0 bridgehead atoms. The molecule has 39 heavy (non-hydrogen) atoms. The predicted octanol–water partition coefficient (Wildman–Crippen LogP) is -4.85. The standard InChI is InChI=1S/C15H30N3O18P3/c16-13-8(20)7(19)4(32-13)2-30-38(25,26)36-12-6(34-15(18)10(12)22)3-31-39(27,28)35-11-5(1-29-37(23)24)33-14(17)9(11)21/h4-15,19-22H,1-3,16-18H2,(H2-,23,24,25,26,27,28)/p+1/t4-,5-,6-,7-,8-,9-,10-,11-,12-,13-,14-,15-/m1/s1. The zero-order valence-electron chi connectivity index (χ0n) is 19.7. The lowest BCUT2D eigenvalue weighted by Crippen LogP contribution is -2.40. The Hall–Kier alpha value is -0.160. The zero-order chi connectivity index (χ0) is 29.3. The van der Waals surface area contributed by atoms with Crippen molar-refractivity contribution in [3.05, 3.63) is 0 Å². The quantitative estimate of drug-likeness (QED) is 0.0849. The number of phosphoric acid groups is 2. The SMILES string of the molecule is N[C@@H]1O[C@H](COP(=O)(O)O[C@H]2[C@@H](O)[C@H](N)O[C@@H]2COP(=O)(O)O[C@H]2[C@@H](O)[C@H](N)O[C@@H]2CO[P+](=O)O)[C@@H](O)[C@H]1O. The van der Waals surface area contributed by atoms with Crippen molar-refractivity contribution in [2.24, 2.45) is 17.2 Å². The van der Waals surface area contributed by atoms with Crippen LogP contribution in [0.15, 0.2) is 0 Å². The normalized spacial score (nSPS) is 44.3. The molecule has 0 radical (unpaired) electrons. The van der Waals surface area contributed by atoms with Crippen LogP contribution in [0.2, 0.25) is 0 Å². The third-order valence-electron chi connectivity index (χ3n) is 5.81. The summed E-state index contributed by atoms with van der Waals surface area (Å²) in [6.45, 7) is -2.34. The fourth-order valence-electron chi connectivity index (χ4n) is 3.82. The molecule has 228 valence electrons. The average molecular weight is 634 g/mol. The molecule has 3 aliphatic heterocycles. The van der Waals surface area contributed by atoms with Gasteiger partial charge in [0.05, 0.1) is 13.2 Å². The van der Waals surface area contributed by atoms with Crippen LogP contribution in [0.1, 0.15) is 0 Å². The Morgan fingerprint density at radius 3 is 1.46 bits per heavy atom. The zero-order valence-corrected chi connectivity index (χ0v) is 22.4. The van der Waals surface area contributed by atoms with E-state index in [9.17, 15) is 43.9 Å². The van der Waals surface area contributed by atoms with Gasteiger partial charge in [-0.05, 0) is 0 Å². The summed E-state index contributed by atoms with van der Waals surface area (Å²) in [5, 5.41) is 39.7. The van der Waals surface area contributed by atoms with Gasteiger partial charge in [0, 0.05) is 4.57 Å². The number of aliphatic hydroxyl groups excluding tert-OH is 4. The number of nitrogens with two attached hydrogens (primary N) is 3. The molecule has 3 fully saturated rings. The summed E-state index contributed by atoms with van der Waals surface area (Å²) < 4.78 is 74.8. The van der Waals surface area contributed by atoms with Crippen LogP contribution in [0, 0.1) is 0 Å². The van der Waals surface area contributed by atoms with E-state index < -0.39 is 117 Å². The fourth-order valence-corrected chi connectivity index (χ4v) is 6.02. The van der Waals surface area contributed by atoms with E-state index >= 15 is 0 Å². The van der Waals surface area contributed by atoms with Crippen molar-refractivity contribution in [2.45, 2.75) is 73.6 Å². The summed E-state index contributed by atoms with van der Waals surface area (Å²) in [7, 11) is -13.2. The first-order chi connectivity index (χ1) is 18.0. The number of ether oxygens (including phenoxy) is 3. The first-order valence-corrected chi connectivity index (χ1v) is 15.2. The van der Waals surface area contributed by atoms with E-state index in [-0.39, 0.29) is 0 Å². The van der Waals surface area contributed by atoms with Gasteiger partial charge in [0.15, 0.2) is 0 Å². The van der Waals surface area contributed by atoms with Crippen molar-refractivity contribution >= 4 is 23.9 Å². The highest BCUT2D eigenvalue weighted by Crippen LogP contribution is 2.50. The molecule has 0 aliphatic carbocycles. The van der Waals surface area contributed by atoms with Crippen molar-refractivity contribution in [3.8, 4) is 0 Å². The monoisotopic (exact) mass is 634 g/mol. The number of aliphatic hydroxyl groups is 4. The average Bonchev–Trinajstić information content (AvgIpc) is 3.36. The van der Waals surface area contributed by atoms with Crippen molar-refractivity contribution in [1.29, 1.82) is 0 Å². The van der Waals surface area contributed by atoms with E-state index in [0.717, 1.165) is 0 Å². The second kappa shape index (κ2) is 13.4. The Balaban J connectivity index is 1.58. The Morgan fingerprint density at radius 2 is 1.05 bits per heavy atom. The number of hydrogen-bond donors (Lipinski definition) is 10. The van der Waals surface area contributed by atoms with Gasteiger partial charge in [-0.25, -0.2) is 9.13 Å². The predicted molar refractivity (Wildman–Crippen MR) is 120 cm³/mol. The van der Waals surface area contributed by atoms with Crippen molar-refractivity contribution < 1.29 is 85.6 Å². The van der Waals surface area contributed by atoms with Crippen LogP contribution in [-0.2, 0) is 50.5 Å². The Kier molecular flexibility index (Phi) is 11.5. The molecule has 0 amide bonds. The van der Waals surface area contributed by atoms with E-state index in [4.69, 9.17) is 54.4 Å². The lowest BCUT2D eigenvalue weighted by molar-refractivity contribution is -0.0447. The first kappa shape index (κ1) is 33.3. The molecule has 15 atom stereocenters. The minimum atomic E-state index is -5.09. The molecule has 0 aromatic carbocycles. The van der Waals surface area contributed by atoms with Crippen LogP contribution < -0.4 is 17.2 Å². The van der Waals surface area contributed by atoms with E-state index in [0.29, 0.717) is 0 Å². The van der Waals surface area contributed by atoms with Gasteiger partial charge in [-0.3, -0.25) is 18.1 Å². The molecule has 0 aromatic heterocycles. The highest BCUT2D eigenvalue weighted by atomic mass is 31.2. The van der Waals surface area contributed by atoms with E-state index in [1.54, 1.807) is 0 Å². The molecule has 0 aromatic rings. The Bertz CT molecular complexity index is 951. The summed E-state index contributed by atoms with van der Waals surface area (Å²) >= 11 is 0. The summed E-state index contributed by atoms with van der Waals surface area (Å²) in [4.78, 5) is 29.0. The highest BCUT2D eigenvalue weighted by Gasteiger charge is 2.51.